The van der Waals surface area contributed by atoms with Crippen molar-refractivity contribution in [2.45, 2.75) is 53.9 Å². The molecule has 1 heterocycles. The number of nitrogens with zero attached hydrogens (tertiary/aromatic N) is 1. The molecule has 5 heteroatoms. The van der Waals surface area contributed by atoms with Gasteiger partial charge in [0.1, 0.15) is 5.70 Å². The Labute approximate surface area is 191 Å². The number of hydrogen-bond donors (Lipinski definition) is 1. The van der Waals surface area contributed by atoms with Gasteiger partial charge >= 0.3 is 0 Å². The summed E-state index contributed by atoms with van der Waals surface area (Å²) in [5.41, 5.74) is 6.79. The molecule has 0 atom stereocenters. The molecule has 1 aliphatic heterocycles. The fourth-order valence-corrected chi connectivity index (χ4v) is 3.82. The number of benzene rings is 2. The van der Waals surface area contributed by atoms with Crippen LogP contribution in [0.25, 0.3) is 5.57 Å². The van der Waals surface area contributed by atoms with Crippen LogP contribution in [0.5, 0.6) is 0 Å². The Bertz CT molecular complexity index is 1040. The molecule has 0 radical (unpaired) electrons. The lowest BCUT2D eigenvalue weighted by Crippen LogP contribution is -2.34. The van der Waals surface area contributed by atoms with E-state index in [2.05, 4.69) is 18.3 Å². The molecule has 32 heavy (non-hydrogen) atoms. The highest BCUT2D eigenvalue weighted by atomic mass is 16.5. The van der Waals surface area contributed by atoms with Crippen molar-refractivity contribution in [3.8, 4) is 0 Å². The van der Waals surface area contributed by atoms with Gasteiger partial charge in [0.25, 0.3) is 11.8 Å². The van der Waals surface area contributed by atoms with Gasteiger partial charge in [-0.2, -0.15) is 0 Å². The minimum absolute atomic E-state index is 0.251. The molecule has 0 saturated carbocycles. The van der Waals surface area contributed by atoms with E-state index in [0.717, 1.165) is 46.3 Å². The van der Waals surface area contributed by atoms with Crippen molar-refractivity contribution in [3.05, 3.63) is 69.9 Å². The summed E-state index contributed by atoms with van der Waals surface area (Å²) in [5, 5.41) is 3.28. The molecule has 1 N–H and O–H groups in total. The minimum atomic E-state index is -0.281. The fraction of sp³-hybridized carbons (Fsp3) is 0.407. The van der Waals surface area contributed by atoms with Gasteiger partial charge in [0.05, 0.1) is 5.57 Å². The van der Waals surface area contributed by atoms with E-state index < -0.39 is 0 Å². The van der Waals surface area contributed by atoms with Crippen molar-refractivity contribution in [1.82, 2.24) is 4.90 Å². The molecule has 2 aromatic carbocycles. The lowest BCUT2D eigenvalue weighted by molar-refractivity contribution is -0.137. The maximum atomic E-state index is 13.4. The molecule has 0 bridgehead atoms. The molecule has 3 rings (SSSR count). The van der Waals surface area contributed by atoms with Gasteiger partial charge in [0.2, 0.25) is 0 Å². The van der Waals surface area contributed by atoms with Crippen LogP contribution in [0.2, 0.25) is 0 Å². The van der Waals surface area contributed by atoms with Gasteiger partial charge < -0.3 is 10.1 Å². The van der Waals surface area contributed by atoms with Crippen LogP contribution in [-0.2, 0) is 14.3 Å². The van der Waals surface area contributed by atoms with E-state index in [-0.39, 0.29) is 11.8 Å². The smallest absolute Gasteiger partial charge is 0.278 e. The first-order valence-corrected chi connectivity index (χ1v) is 11.4. The number of rotatable bonds is 10. The zero-order chi connectivity index (χ0) is 23.3. The quantitative estimate of drug-likeness (QED) is 0.406. The van der Waals surface area contributed by atoms with Crippen LogP contribution in [0.15, 0.2) is 42.1 Å². The van der Waals surface area contributed by atoms with Gasteiger partial charge in [-0.3, -0.25) is 14.5 Å². The normalized spacial score (nSPS) is 14.0. The van der Waals surface area contributed by atoms with Crippen LogP contribution < -0.4 is 5.32 Å². The standard InChI is InChI=1S/C27H34N2O3/c1-6-7-14-32-15-8-13-29-26(30)24(22-11-10-19(3)20(4)17-22)25(27(29)31)28-23-12-9-18(2)16-21(23)5/h9-12,16-17,28H,6-8,13-15H2,1-5H3. The molecule has 170 valence electrons. The number of nitrogens with one attached hydrogen (secondary N) is 1. The van der Waals surface area contributed by atoms with Crippen molar-refractivity contribution < 1.29 is 14.3 Å². The largest absolute Gasteiger partial charge is 0.381 e. The molecular weight excluding hydrogens is 400 g/mol. The second-order valence-electron chi connectivity index (χ2n) is 8.57. The third-order valence-electron chi connectivity index (χ3n) is 5.92. The van der Waals surface area contributed by atoms with Crippen LogP contribution in [0.3, 0.4) is 0 Å². The van der Waals surface area contributed by atoms with E-state index in [9.17, 15) is 9.59 Å². The highest BCUT2D eigenvalue weighted by molar-refractivity contribution is 6.36. The third-order valence-corrected chi connectivity index (χ3v) is 5.92. The lowest BCUT2D eigenvalue weighted by atomic mass is 9.99. The lowest BCUT2D eigenvalue weighted by Gasteiger charge is -2.16. The Hall–Kier alpha value is -2.92. The Morgan fingerprint density at radius 3 is 2.28 bits per heavy atom. The van der Waals surface area contributed by atoms with Crippen molar-refractivity contribution in [2.24, 2.45) is 0 Å². The average Bonchev–Trinajstić information content (AvgIpc) is 2.98. The number of unbranched alkanes of at least 4 members (excludes halogenated alkanes) is 1. The SMILES string of the molecule is CCCCOCCCN1C(=O)C(Nc2ccc(C)cc2C)=C(c2ccc(C)c(C)c2)C1=O. The molecule has 5 nitrogen and oxygen atoms in total. The zero-order valence-corrected chi connectivity index (χ0v) is 19.9. The first-order valence-electron chi connectivity index (χ1n) is 11.4. The molecule has 0 unspecified atom stereocenters. The van der Waals surface area contributed by atoms with E-state index >= 15 is 0 Å². The minimum Gasteiger partial charge on any atom is -0.381 e. The summed E-state index contributed by atoms with van der Waals surface area (Å²) in [7, 11) is 0. The van der Waals surface area contributed by atoms with Crippen LogP contribution >= 0.6 is 0 Å². The van der Waals surface area contributed by atoms with Crippen LogP contribution in [0.1, 0.15) is 54.0 Å². The first kappa shape index (κ1) is 23.7. The van der Waals surface area contributed by atoms with Crippen molar-refractivity contribution in [3.63, 3.8) is 0 Å². The second kappa shape index (κ2) is 10.6. The molecule has 0 saturated heterocycles. The van der Waals surface area contributed by atoms with Crippen molar-refractivity contribution in [1.29, 1.82) is 0 Å². The third kappa shape index (κ3) is 5.28. The molecule has 0 spiro atoms. The summed E-state index contributed by atoms with van der Waals surface area (Å²) in [5.74, 6) is -0.532. The maximum Gasteiger partial charge on any atom is 0.278 e. The summed E-state index contributed by atoms with van der Waals surface area (Å²) < 4.78 is 5.62. The Kier molecular flexibility index (Phi) is 7.86. The number of ether oxygens (including phenoxy) is 1. The summed E-state index contributed by atoms with van der Waals surface area (Å²) >= 11 is 0. The van der Waals surface area contributed by atoms with Gasteiger partial charge in [0, 0.05) is 25.4 Å². The zero-order valence-electron chi connectivity index (χ0n) is 19.9. The van der Waals surface area contributed by atoms with E-state index in [1.165, 1.54) is 4.90 Å². The molecule has 0 aliphatic carbocycles. The fourth-order valence-electron chi connectivity index (χ4n) is 3.82. The Morgan fingerprint density at radius 1 is 0.844 bits per heavy atom. The molecule has 0 aromatic heterocycles. The van der Waals surface area contributed by atoms with Gasteiger partial charge in [-0.1, -0.05) is 49.2 Å². The summed E-state index contributed by atoms with van der Waals surface area (Å²) in [6.07, 6.45) is 2.72. The topological polar surface area (TPSA) is 58.6 Å². The van der Waals surface area contributed by atoms with Crippen LogP contribution in [0, 0.1) is 27.7 Å². The van der Waals surface area contributed by atoms with Gasteiger partial charge in [-0.25, -0.2) is 0 Å². The van der Waals surface area contributed by atoms with E-state index in [1.54, 1.807) is 0 Å². The predicted octanol–water partition coefficient (Wildman–Crippen LogP) is 5.32. The van der Waals surface area contributed by atoms with E-state index in [4.69, 9.17) is 4.74 Å². The number of amides is 2. The molecule has 1 aliphatic rings. The number of carbonyl (C=O) groups is 2. The maximum absolute atomic E-state index is 13.4. The number of imide groups is 1. The van der Waals surface area contributed by atoms with E-state index in [1.807, 2.05) is 58.0 Å². The van der Waals surface area contributed by atoms with Crippen molar-refractivity contribution in [2.75, 3.05) is 25.1 Å². The number of carbonyl (C=O) groups excluding carboxylic acids is 2. The summed E-state index contributed by atoms with van der Waals surface area (Å²) in [6.45, 7) is 11.8. The number of hydrogen-bond acceptors (Lipinski definition) is 4. The van der Waals surface area contributed by atoms with Gasteiger partial charge in [-0.05, 0) is 68.9 Å². The monoisotopic (exact) mass is 434 g/mol. The van der Waals surface area contributed by atoms with E-state index in [0.29, 0.717) is 37.4 Å². The highest BCUT2D eigenvalue weighted by Crippen LogP contribution is 2.32. The highest BCUT2D eigenvalue weighted by Gasteiger charge is 2.39. The summed E-state index contributed by atoms with van der Waals surface area (Å²) in [6, 6.07) is 11.9. The Morgan fingerprint density at radius 2 is 1.59 bits per heavy atom. The number of anilines is 1. The summed E-state index contributed by atoms with van der Waals surface area (Å²) in [4.78, 5) is 28.1. The first-order chi connectivity index (χ1) is 15.3. The Balaban J connectivity index is 1.89. The van der Waals surface area contributed by atoms with Crippen LogP contribution in [0.4, 0.5) is 5.69 Å². The second-order valence-corrected chi connectivity index (χ2v) is 8.57. The number of aryl methyl sites for hydroxylation is 4. The molecule has 2 aromatic rings. The van der Waals surface area contributed by atoms with Crippen molar-refractivity contribution >= 4 is 23.1 Å². The van der Waals surface area contributed by atoms with Gasteiger partial charge in [0.15, 0.2) is 0 Å². The molecule has 2 amide bonds. The molecular formula is C27H34N2O3. The van der Waals surface area contributed by atoms with Gasteiger partial charge in [-0.15, -0.1) is 0 Å². The predicted molar refractivity (Wildman–Crippen MR) is 129 cm³/mol. The van der Waals surface area contributed by atoms with Crippen LogP contribution in [-0.4, -0.2) is 36.5 Å². The molecule has 0 fully saturated rings. The average molecular weight is 435 g/mol.